The van der Waals surface area contributed by atoms with Crippen molar-refractivity contribution < 1.29 is 15.0 Å². The molecule has 12 heavy (non-hydrogen) atoms. The van der Waals surface area contributed by atoms with Crippen LogP contribution < -0.4 is 5.73 Å². The summed E-state index contributed by atoms with van der Waals surface area (Å²) in [4.78, 5) is 9.57. The Labute approximate surface area is 72.7 Å². The van der Waals surface area contributed by atoms with Crippen LogP contribution in [0.1, 0.15) is 19.8 Å². The number of hydrogen-bond acceptors (Lipinski definition) is 3. The number of carboxylic acids is 1. The summed E-state index contributed by atoms with van der Waals surface area (Å²) < 4.78 is 0. The Hall–Kier alpha value is -0.870. The zero-order valence-electron chi connectivity index (χ0n) is 7.36. The van der Waals surface area contributed by atoms with Crippen molar-refractivity contribution in [1.29, 1.82) is 0 Å². The molecule has 0 saturated carbocycles. The number of aliphatic hydroxyl groups is 1. The summed E-state index contributed by atoms with van der Waals surface area (Å²) in [6.07, 6.45) is 3.58. The molecule has 0 radical (unpaired) electrons. The van der Waals surface area contributed by atoms with Gasteiger partial charge in [-0.25, -0.2) is 0 Å². The summed E-state index contributed by atoms with van der Waals surface area (Å²) >= 11 is 0. The van der Waals surface area contributed by atoms with E-state index < -0.39 is 12.0 Å². The van der Waals surface area contributed by atoms with Crippen molar-refractivity contribution >= 4 is 5.97 Å². The molecule has 0 saturated heterocycles. The Morgan fingerprint density at radius 3 is 2.25 bits per heavy atom. The first kappa shape index (κ1) is 13.7. The second-order valence-corrected chi connectivity index (χ2v) is 2.28. The highest BCUT2D eigenvalue weighted by Gasteiger charge is 1.99. The van der Waals surface area contributed by atoms with Crippen molar-refractivity contribution in [2.75, 3.05) is 6.61 Å². The largest absolute Gasteiger partial charge is 0.480 e. The Bertz CT molecular complexity index is 123. The number of unbranched alkanes of at least 4 members (excludes halogenated alkanes) is 1. The normalized spacial score (nSPS) is 10.9. The Balaban J connectivity index is 0. The van der Waals surface area contributed by atoms with E-state index in [4.69, 9.17) is 15.9 Å². The summed E-state index contributed by atoms with van der Waals surface area (Å²) in [5, 5.41) is 16.0. The van der Waals surface area contributed by atoms with Crippen molar-refractivity contribution in [3.63, 3.8) is 0 Å². The van der Waals surface area contributed by atoms with E-state index in [0.717, 1.165) is 12.8 Å². The standard InChI is InChI=1S/C5H10O.C3H7NO2/c1-2-3-4-5-6;1-2(4)3(5)6/h2,6H,1,3-5H2;2H,4H2,1H3,(H,5,6)/t;2-/m.0/s1. The van der Waals surface area contributed by atoms with Crippen molar-refractivity contribution in [2.45, 2.75) is 25.8 Å². The van der Waals surface area contributed by atoms with Gasteiger partial charge in [-0.15, -0.1) is 6.58 Å². The van der Waals surface area contributed by atoms with Crippen LogP contribution in [0.2, 0.25) is 0 Å². The molecular formula is C8H17NO3. The number of carboxylic acid groups (broad SMARTS) is 1. The first-order valence-corrected chi connectivity index (χ1v) is 3.76. The van der Waals surface area contributed by atoms with E-state index in [9.17, 15) is 4.79 Å². The lowest BCUT2D eigenvalue weighted by molar-refractivity contribution is -0.138. The van der Waals surface area contributed by atoms with Crippen LogP contribution in [0.5, 0.6) is 0 Å². The summed E-state index contributed by atoms with van der Waals surface area (Å²) in [5.41, 5.74) is 4.84. The predicted octanol–water partition coefficient (Wildman–Crippen LogP) is 0.363. The molecule has 72 valence electrons. The van der Waals surface area contributed by atoms with Gasteiger partial charge in [-0.1, -0.05) is 6.08 Å². The van der Waals surface area contributed by atoms with Crippen LogP contribution in [0.25, 0.3) is 0 Å². The average Bonchev–Trinajstić information content (AvgIpc) is 2.02. The smallest absolute Gasteiger partial charge is 0.320 e. The van der Waals surface area contributed by atoms with Crippen LogP contribution in [-0.2, 0) is 4.79 Å². The molecule has 0 amide bonds. The molecule has 4 N–H and O–H groups in total. The number of rotatable bonds is 4. The highest BCUT2D eigenvalue weighted by molar-refractivity contribution is 5.72. The number of allylic oxidation sites excluding steroid dienone is 1. The first-order valence-electron chi connectivity index (χ1n) is 3.76. The maximum atomic E-state index is 9.57. The van der Waals surface area contributed by atoms with E-state index in [2.05, 4.69) is 6.58 Å². The minimum absolute atomic E-state index is 0.284. The van der Waals surface area contributed by atoms with Crippen LogP contribution in [0, 0.1) is 0 Å². The van der Waals surface area contributed by atoms with Gasteiger partial charge >= 0.3 is 5.97 Å². The van der Waals surface area contributed by atoms with Gasteiger partial charge in [-0.3, -0.25) is 4.79 Å². The van der Waals surface area contributed by atoms with Gasteiger partial charge in [0.05, 0.1) is 0 Å². The van der Waals surface area contributed by atoms with E-state index in [0.29, 0.717) is 0 Å². The number of carbonyl (C=O) groups is 1. The third-order valence-electron chi connectivity index (χ3n) is 0.956. The van der Waals surface area contributed by atoms with E-state index in [1.165, 1.54) is 6.92 Å². The molecule has 0 bridgehead atoms. The molecule has 1 atom stereocenters. The SMILES string of the molecule is C=CCCCO.C[C@H](N)C(=O)O. The summed E-state index contributed by atoms with van der Waals surface area (Å²) in [6, 6.07) is -0.731. The number of aliphatic carboxylic acids is 1. The van der Waals surface area contributed by atoms with Crippen LogP contribution >= 0.6 is 0 Å². The fourth-order valence-corrected chi connectivity index (χ4v) is 0.236. The number of nitrogens with two attached hydrogens (primary N) is 1. The number of hydrogen-bond donors (Lipinski definition) is 3. The van der Waals surface area contributed by atoms with Gasteiger partial charge in [0.2, 0.25) is 0 Å². The first-order chi connectivity index (χ1) is 5.56. The zero-order valence-corrected chi connectivity index (χ0v) is 7.36. The van der Waals surface area contributed by atoms with Gasteiger partial charge in [-0.05, 0) is 19.8 Å². The van der Waals surface area contributed by atoms with Gasteiger partial charge in [-0.2, -0.15) is 0 Å². The van der Waals surface area contributed by atoms with Gasteiger partial charge in [0.1, 0.15) is 6.04 Å². The molecular weight excluding hydrogens is 158 g/mol. The van der Waals surface area contributed by atoms with E-state index in [1.54, 1.807) is 6.08 Å². The minimum Gasteiger partial charge on any atom is -0.480 e. The number of aliphatic hydroxyl groups excluding tert-OH is 1. The van der Waals surface area contributed by atoms with E-state index >= 15 is 0 Å². The summed E-state index contributed by atoms with van der Waals surface area (Å²) in [6.45, 7) is 5.19. The topological polar surface area (TPSA) is 83.5 Å². The van der Waals surface area contributed by atoms with Gasteiger partial charge < -0.3 is 15.9 Å². The molecule has 0 aliphatic carbocycles. The van der Waals surface area contributed by atoms with Crippen LogP contribution in [-0.4, -0.2) is 28.8 Å². The average molecular weight is 175 g/mol. The lowest BCUT2D eigenvalue weighted by Gasteiger charge is -1.90. The monoisotopic (exact) mass is 175 g/mol. The maximum absolute atomic E-state index is 9.57. The Morgan fingerprint density at radius 1 is 1.75 bits per heavy atom. The lowest BCUT2D eigenvalue weighted by Crippen LogP contribution is -2.25. The van der Waals surface area contributed by atoms with Crippen LogP contribution in [0.4, 0.5) is 0 Å². The molecule has 4 heteroatoms. The third kappa shape index (κ3) is 16.1. The molecule has 0 aromatic carbocycles. The molecule has 0 aliphatic heterocycles. The summed E-state index contributed by atoms with van der Waals surface area (Å²) in [5.74, 6) is -0.963. The summed E-state index contributed by atoms with van der Waals surface area (Å²) in [7, 11) is 0. The lowest BCUT2D eigenvalue weighted by atomic mass is 10.3. The third-order valence-corrected chi connectivity index (χ3v) is 0.956. The quantitative estimate of drug-likeness (QED) is 0.425. The Kier molecular flexibility index (Phi) is 11.6. The predicted molar refractivity (Wildman–Crippen MR) is 47.8 cm³/mol. The van der Waals surface area contributed by atoms with Gasteiger partial charge in [0.15, 0.2) is 0 Å². The second-order valence-electron chi connectivity index (χ2n) is 2.28. The second kappa shape index (κ2) is 10.1. The van der Waals surface area contributed by atoms with Crippen LogP contribution in [0.3, 0.4) is 0 Å². The molecule has 0 unspecified atom stereocenters. The van der Waals surface area contributed by atoms with Gasteiger partial charge in [0, 0.05) is 6.61 Å². The fourth-order valence-electron chi connectivity index (χ4n) is 0.236. The highest BCUT2D eigenvalue weighted by atomic mass is 16.4. The van der Waals surface area contributed by atoms with Crippen LogP contribution in [0.15, 0.2) is 12.7 Å². The highest BCUT2D eigenvalue weighted by Crippen LogP contribution is 1.83. The van der Waals surface area contributed by atoms with Crippen molar-refractivity contribution in [3.05, 3.63) is 12.7 Å². The van der Waals surface area contributed by atoms with Crippen molar-refractivity contribution in [1.82, 2.24) is 0 Å². The van der Waals surface area contributed by atoms with Crippen molar-refractivity contribution in [3.8, 4) is 0 Å². The molecule has 0 aromatic rings. The molecule has 0 aromatic heterocycles. The fraction of sp³-hybridized carbons (Fsp3) is 0.625. The molecule has 0 fully saturated rings. The zero-order chi connectivity index (χ0) is 9.98. The molecule has 0 rings (SSSR count). The van der Waals surface area contributed by atoms with Gasteiger partial charge in [0.25, 0.3) is 0 Å². The Morgan fingerprint density at radius 2 is 2.17 bits per heavy atom. The maximum Gasteiger partial charge on any atom is 0.320 e. The van der Waals surface area contributed by atoms with E-state index in [1.807, 2.05) is 0 Å². The molecule has 0 heterocycles. The molecule has 0 spiro atoms. The van der Waals surface area contributed by atoms with Crippen molar-refractivity contribution in [2.24, 2.45) is 5.73 Å². The molecule has 0 aliphatic rings. The van der Waals surface area contributed by atoms with E-state index in [-0.39, 0.29) is 6.61 Å². The minimum atomic E-state index is -0.963. The molecule has 4 nitrogen and oxygen atoms in total.